The molecule has 6 heteroatoms. The lowest BCUT2D eigenvalue weighted by Crippen LogP contribution is -2.27. The van der Waals surface area contributed by atoms with Gasteiger partial charge in [-0.3, -0.25) is 4.79 Å². The Balaban J connectivity index is 2.23. The second-order valence-electron chi connectivity index (χ2n) is 4.67. The van der Waals surface area contributed by atoms with Crippen molar-refractivity contribution in [1.82, 2.24) is 10.1 Å². The van der Waals surface area contributed by atoms with Crippen molar-refractivity contribution in [2.75, 3.05) is 12.8 Å². The molecule has 5 nitrogen and oxygen atoms in total. The number of anilines is 1. The van der Waals surface area contributed by atoms with E-state index >= 15 is 0 Å². The van der Waals surface area contributed by atoms with Crippen molar-refractivity contribution in [3.05, 3.63) is 45.8 Å². The van der Waals surface area contributed by atoms with E-state index in [9.17, 15) is 4.79 Å². The number of carbonyl (C=O) groups is 1. The Morgan fingerprint density at radius 2 is 2.15 bits per heavy atom. The first-order valence-electron chi connectivity index (χ1n) is 6.13. The van der Waals surface area contributed by atoms with Crippen LogP contribution in [-0.4, -0.2) is 23.0 Å². The molecule has 20 heavy (non-hydrogen) atoms. The Hall–Kier alpha value is -2.01. The molecular formula is C14H16ClN3O2. The average Bonchev–Trinajstić information content (AvgIpc) is 2.73. The van der Waals surface area contributed by atoms with E-state index in [0.29, 0.717) is 23.6 Å². The Kier molecular flexibility index (Phi) is 3.99. The Morgan fingerprint density at radius 3 is 2.75 bits per heavy atom. The molecule has 2 aromatic rings. The topological polar surface area (TPSA) is 72.4 Å². The summed E-state index contributed by atoms with van der Waals surface area (Å²) in [4.78, 5) is 14.0. The molecule has 0 radical (unpaired) electrons. The molecule has 1 amide bonds. The number of rotatable bonds is 3. The third-order valence-corrected chi connectivity index (χ3v) is 3.60. The fourth-order valence-corrected chi connectivity index (χ4v) is 2.16. The average molecular weight is 294 g/mol. The van der Waals surface area contributed by atoms with Crippen LogP contribution in [0.25, 0.3) is 0 Å². The van der Waals surface area contributed by atoms with E-state index in [1.165, 1.54) is 0 Å². The summed E-state index contributed by atoms with van der Waals surface area (Å²) in [6.45, 7) is 4.07. The smallest absolute Gasteiger partial charge is 0.255 e. The molecule has 0 aliphatic rings. The third kappa shape index (κ3) is 2.63. The number of hydrogen-bond acceptors (Lipinski definition) is 4. The molecule has 1 heterocycles. The molecule has 0 saturated heterocycles. The van der Waals surface area contributed by atoms with Crippen LogP contribution in [0.15, 0.2) is 22.7 Å². The van der Waals surface area contributed by atoms with E-state index in [-0.39, 0.29) is 10.9 Å². The van der Waals surface area contributed by atoms with E-state index in [0.717, 1.165) is 11.3 Å². The van der Waals surface area contributed by atoms with Crippen LogP contribution in [0.3, 0.4) is 0 Å². The predicted molar refractivity (Wildman–Crippen MR) is 77.6 cm³/mol. The van der Waals surface area contributed by atoms with Crippen LogP contribution >= 0.6 is 11.6 Å². The lowest BCUT2D eigenvalue weighted by molar-refractivity contribution is 0.0784. The molecule has 0 atom stereocenters. The summed E-state index contributed by atoms with van der Waals surface area (Å²) < 4.78 is 5.09. The van der Waals surface area contributed by atoms with Gasteiger partial charge in [0, 0.05) is 12.6 Å². The molecule has 1 aromatic heterocycles. The van der Waals surface area contributed by atoms with Crippen molar-refractivity contribution < 1.29 is 9.32 Å². The number of hydrogen-bond donors (Lipinski definition) is 1. The van der Waals surface area contributed by atoms with Gasteiger partial charge in [-0.05, 0) is 26.0 Å². The maximum absolute atomic E-state index is 12.4. The first-order valence-corrected chi connectivity index (χ1v) is 6.50. The number of benzene rings is 1. The molecule has 1 aromatic carbocycles. The maximum Gasteiger partial charge on any atom is 0.255 e. The standard InChI is InChI=1S/C14H16ClN3O2/c1-8-11(9(2)20-17-8)7-18(3)14(19)10-5-4-6-12(16)13(10)15/h4-6H,7,16H2,1-3H3. The third-order valence-electron chi connectivity index (χ3n) is 3.18. The molecule has 0 aliphatic carbocycles. The quantitative estimate of drug-likeness (QED) is 0.883. The minimum atomic E-state index is -0.192. The fraction of sp³-hybridized carbons (Fsp3) is 0.286. The second-order valence-corrected chi connectivity index (χ2v) is 5.05. The highest BCUT2D eigenvalue weighted by molar-refractivity contribution is 6.36. The summed E-state index contributed by atoms with van der Waals surface area (Å²) in [7, 11) is 1.70. The molecule has 0 fully saturated rings. The molecule has 106 valence electrons. The van der Waals surface area contributed by atoms with Gasteiger partial charge < -0.3 is 15.2 Å². The summed E-state index contributed by atoms with van der Waals surface area (Å²) in [5.41, 5.74) is 8.18. The summed E-state index contributed by atoms with van der Waals surface area (Å²) in [6.07, 6.45) is 0. The van der Waals surface area contributed by atoms with Crippen molar-refractivity contribution in [3.8, 4) is 0 Å². The molecule has 0 aliphatic heterocycles. The largest absolute Gasteiger partial charge is 0.398 e. The minimum Gasteiger partial charge on any atom is -0.398 e. The van der Waals surface area contributed by atoms with Gasteiger partial charge in [-0.1, -0.05) is 22.8 Å². The highest BCUT2D eigenvalue weighted by atomic mass is 35.5. The van der Waals surface area contributed by atoms with Crippen LogP contribution in [0.4, 0.5) is 5.69 Å². The molecule has 2 N–H and O–H groups in total. The van der Waals surface area contributed by atoms with Crippen LogP contribution in [0, 0.1) is 13.8 Å². The van der Waals surface area contributed by atoms with Crippen molar-refractivity contribution in [2.45, 2.75) is 20.4 Å². The van der Waals surface area contributed by atoms with Gasteiger partial charge in [0.25, 0.3) is 5.91 Å². The minimum absolute atomic E-state index is 0.192. The van der Waals surface area contributed by atoms with Crippen molar-refractivity contribution in [1.29, 1.82) is 0 Å². The molecular weight excluding hydrogens is 278 g/mol. The van der Waals surface area contributed by atoms with E-state index in [2.05, 4.69) is 5.16 Å². The maximum atomic E-state index is 12.4. The van der Waals surface area contributed by atoms with Crippen LogP contribution < -0.4 is 5.73 Å². The first-order chi connectivity index (χ1) is 9.41. The number of aryl methyl sites for hydroxylation is 2. The van der Waals surface area contributed by atoms with Gasteiger partial charge in [0.05, 0.1) is 28.5 Å². The Morgan fingerprint density at radius 1 is 1.45 bits per heavy atom. The number of carbonyl (C=O) groups excluding carboxylic acids is 1. The fourth-order valence-electron chi connectivity index (χ4n) is 1.96. The summed E-state index contributed by atoms with van der Waals surface area (Å²) in [6, 6.07) is 5.02. The summed E-state index contributed by atoms with van der Waals surface area (Å²) >= 11 is 6.07. The summed E-state index contributed by atoms with van der Waals surface area (Å²) in [5.74, 6) is 0.517. The zero-order valence-electron chi connectivity index (χ0n) is 11.6. The van der Waals surface area contributed by atoms with Gasteiger partial charge in [-0.25, -0.2) is 0 Å². The highest BCUT2D eigenvalue weighted by Gasteiger charge is 2.19. The molecule has 0 bridgehead atoms. The van der Waals surface area contributed by atoms with Gasteiger partial charge >= 0.3 is 0 Å². The van der Waals surface area contributed by atoms with Crippen LogP contribution in [-0.2, 0) is 6.54 Å². The van der Waals surface area contributed by atoms with Gasteiger partial charge in [0.1, 0.15) is 5.76 Å². The Labute approximate surface area is 122 Å². The number of aromatic nitrogens is 1. The van der Waals surface area contributed by atoms with Crippen molar-refractivity contribution in [3.63, 3.8) is 0 Å². The Bertz CT molecular complexity index is 632. The normalized spacial score (nSPS) is 10.6. The number of halogens is 1. The lowest BCUT2D eigenvalue weighted by Gasteiger charge is -2.18. The van der Waals surface area contributed by atoms with Gasteiger partial charge in [0.15, 0.2) is 0 Å². The van der Waals surface area contributed by atoms with Gasteiger partial charge in [-0.15, -0.1) is 0 Å². The molecule has 2 rings (SSSR count). The summed E-state index contributed by atoms with van der Waals surface area (Å²) in [5, 5.41) is 4.15. The van der Waals surface area contributed by atoms with E-state index in [1.54, 1.807) is 30.1 Å². The molecule has 0 saturated carbocycles. The van der Waals surface area contributed by atoms with Gasteiger partial charge in [0.2, 0.25) is 0 Å². The molecule has 0 spiro atoms. The number of nitrogen functional groups attached to an aromatic ring is 1. The van der Waals surface area contributed by atoms with Crippen LogP contribution in [0.1, 0.15) is 27.4 Å². The SMILES string of the molecule is Cc1noc(C)c1CN(C)C(=O)c1cccc(N)c1Cl. The monoisotopic (exact) mass is 293 g/mol. The first kappa shape index (κ1) is 14.4. The van der Waals surface area contributed by atoms with E-state index in [1.807, 2.05) is 13.8 Å². The van der Waals surface area contributed by atoms with Crippen LogP contribution in [0.5, 0.6) is 0 Å². The highest BCUT2D eigenvalue weighted by Crippen LogP contribution is 2.25. The van der Waals surface area contributed by atoms with Crippen molar-refractivity contribution in [2.24, 2.45) is 0 Å². The van der Waals surface area contributed by atoms with Crippen LogP contribution in [0.2, 0.25) is 5.02 Å². The second kappa shape index (κ2) is 5.54. The van der Waals surface area contributed by atoms with Crippen molar-refractivity contribution >= 4 is 23.2 Å². The number of amides is 1. The number of nitrogens with two attached hydrogens (primary N) is 1. The van der Waals surface area contributed by atoms with E-state index < -0.39 is 0 Å². The number of nitrogens with zero attached hydrogens (tertiary/aromatic N) is 2. The zero-order chi connectivity index (χ0) is 14.9. The van der Waals surface area contributed by atoms with Gasteiger partial charge in [-0.2, -0.15) is 0 Å². The zero-order valence-corrected chi connectivity index (χ0v) is 12.4. The predicted octanol–water partition coefficient (Wildman–Crippen LogP) is 2.80. The van der Waals surface area contributed by atoms with E-state index in [4.69, 9.17) is 21.9 Å². The lowest BCUT2D eigenvalue weighted by atomic mass is 10.1. The molecule has 0 unspecified atom stereocenters.